The van der Waals surface area contributed by atoms with Gasteiger partial charge in [-0.2, -0.15) is 0 Å². The van der Waals surface area contributed by atoms with E-state index in [1.54, 1.807) is 0 Å². The van der Waals surface area contributed by atoms with Crippen molar-refractivity contribution in [2.45, 2.75) is 51.9 Å². The van der Waals surface area contributed by atoms with E-state index in [1.807, 2.05) is 0 Å². The first-order valence-electron chi connectivity index (χ1n) is 7.35. The van der Waals surface area contributed by atoms with Crippen LogP contribution in [0, 0.1) is 35.5 Å². The van der Waals surface area contributed by atoms with E-state index in [2.05, 4.69) is 6.92 Å². The maximum Gasteiger partial charge on any atom is 0.303 e. The third-order valence-corrected chi connectivity index (χ3v) is 5.77. The monoisotopic (exact) mass is 236 g/mol. The Kier molecular flexibility index (Phi) is 2.92. The van der Waals surface area contributed by atoms with Crippen molar-refractivity contribution in [3.63, 3.8) is 0 Å². The topological polar surface area (TPSA) is 37.3 Å². The minimum atomic E-state index is -0.624. The number of carboxylic acids is 1. The van der Waals surface area contributed by atoms with Crippen LogP contribution in [0.3, 0.4) is 0 Å². The molecule has 17 heavy (non-hydrogen) atoms. The van der Waals surface area contributed by atoms with Gasteiger partial charge in [-0.1, -0.05) is 6.92 Å². The summed E-state index contributed by atoms with van der Waals surface area (Å²) >= 11 is 0. The summed E-state index contributed by atoms with van der Waals surface area (Å²) in [5, 5.41) is 8.81. The molecule has 1 atom stereocenters. The number of hydrogen-bond acceptors (Lipinski definition) is 1. The van der Waals surface area contributed by atoms with E-state index in [0.29, 0.717) is 12.3 Å². The largest absolute Gasteiger partial charge is 0.481 e. The van der Waals surface area contributed by atoms with Gasteiger partial charge in [0.2, 0.25) is 0 Å². The predicted molar refractivity (Wildman–Crippen MR) is 66.6 cm³/mol. The SMILES string of the molecule is CC(CCC(=O)O)C1C2CC3CC(C2)CC1C3. The zero-order chi connectivity index (χ0) is 12.0. The van der Waals surface area contributed by atoms with Crippen molar-refractivity contribution >= 4 is 5.97 Å². The van der Waals surface area contributed by atoms with Crippen LogP contribution in [0.4, 0.5) is 0 Å². The van der Waals surface area contributed by atoms with E-state index in [0.717, 1.165) is 36.0 Å². The van der Waals surface area contributed by atoms with Gasteiger partial charge in [0.05, 0.1) is 0 Å². The van der Waals surface area contributed by atoms with Crippen LogP contribution in [0.15, 0.2) is 0 Å². The summed E-state index contributed by atoms with van der Waals surface area (Å²) in [5.74, 6) is 4.79. The van der Waals surface area contributed by atoms with E-state index in [-0.39, 0.29) is 0 Å². The van der Waals surface area contributed by atoms with Crippen LogP contribution >= 0.6 is 0 Å². The van der Waals surface area contributed by atoms with Crippen LogP contribution in [-0.2, 0) is 4.79 Å². The average molecular weight is 236 g/mol. The molecule has 4 saturated carbocycles. The van der Waals surface area contributed by atoms with E-state index < -0.39 is 5.97 Å². The molecule has 0 radical (unpaired) electrons. The second kappa shape index (κ2) is 4.29. The van der Waals surface area contributed by atoms with Crippen molar-refractivity contribution < 1.29 is 9.90 Å². The second-order valence-electron chi connectivity index (χ2n) is 6.92. The molecule has 4 bridgehead atoms. The number of hydrogen-bond donors (Lipinski definition) is 1. The minimum Gasteiger partial charge on any atom is -0.481 e. The van der Waals surface area contributed by atoms with Crippen LogP contribution in [-0.4, -0.2) is 11.1 Å². The number of carboxylic acid groups (broad SMARTS) is 1. The minimum absolute atomic E-state index is 0.365. The summed E-state index contributed by atoms with van der Waals surface area (Å²) in [6, 6.07) is 0. The molecule has 4 rings (SSSR count). The highest BCUT2D eigenvalue weighted by atomic mass is 16.4. The molecule has 0 heterocycles. The fourth-order valence-electron chi connectivity index (χ4n) is 5.44. The number of rotatable bonds is 4. The first-order chi connectivity index (χ1) is 8.13. The molecule has 1 unspecified atom stereocenters. The van der Waals surface area contributed by atoms with Gasteiger partial charge in [-0.3, -0.25) is 4.79 Å². The first-order valence-corrected chi connectivity index (χ1v) is 7.35. The Morgan fingerprint density at radius 2 is 1.65 bits per heavy atom. The molecule has 4 aliphatic carbocycles. The van der Waals surface area contributed by atoms with Gasteiger partial charge >= 0.3 is 5.97 Å². The van der Waals surface area contributed by atoms with Gasteiger partial charge < -0.3 is 5.11 Å². The highest BCUT2D eigenvalue weighted by molar-refractivity contribution is 5.66. The molecule has 0 aromatic rings. The van der Waals surface area contributed by atoms with Gasteiger partial charge in [-0.25, -0.2) is 0 Å². The van der Waals surface area contributed by atoms with E-state index in [9.17, 15) is 4.79 Å². The second-order valence-corrected chi connectivity index (χ2v) is 6.92. The van der Waals surface area contributed by atoms with E-state index in [4.69, 9.17) is 5.11 Å². The molecular formula is C15H24O2. The van der Waals surface area contributed by atoms with Gasteiger partial charge in [0.25, 0.3) is 0 Å². The quantitative estimate of drug-likeness (QED) is 0.810. The summed E-state index contributed by atoms with van der Waals surface area (Å²) in [5.41, 5.74) is 0. The lowest BCUT2D eigenvalue weighted by Crippen LogP contribution is -2.47. The fraction of sp³-hybridized carbons (Fsp3) is 0.933. The maximum absolute atomic E-state index is 10.7. The summed E-state index contributed by atoms with van der Waals surface area (Å²) in [4.78, 5) is 10.7. The lowest BCUT2D eigenvalue weighted by atomic mass is 9.49. The summed E-state index contributed by atoms with van der Waals surface area (Å²) in [6.07, 6.45) is 8.57. The van der Waals surface area contributed by atoms with Crippen molar-refractivity contribution in [2.75, 3.05) is 0 Å². The number of carbonyl (C=O) groups is 1. The molecule has 96 valence electrons. The van der Waals surface area contributed by atoms with E-state index in [1.165, 1.54) is 32.1 Å². The molecule has 4 fully saturated rings. The molecular weight excluding hydrogens is 212 g/mol. The Hall–Kier alpha value is -0.530. The van der Waals surface area contributed by atoms with Gasteiger partial charge in [-0.05, 0) is 74.0 Å². The summed E-state index contributed by atoms with van der Waals surface area (Å²) in [7, 11) is 0. The van der Waals surface area contributed by atoms with Gasteiger partial charge in [0, 0.05) is 6.42 Å². The Morgan fingerprint density at radius 1 is 1.12 bits per heavy atom. The third kappa shape index (κ3) is 2.11. The molecule has 2 nitrogen and oxygen atoms in total. The Morgan fingerprint density at radius 3 is 2.12 bits per heavy atom. The van der Waals surface area contributed by atoms with Gasteiger partial charge in [0.15, 0.2) is 0 Å². The van der Waals surface area contributed by atoms with Crippen LogP contribution in [0.5, 0.6) is 0 Å². The molecule has 0 saturated heterocycles. The smallest absolute Gasteiger partial charge is 0.303 e. The van der Waals surface area contributed by atoms with Crippen LogP contribution in [0.1, 0.15) is 51.9 Å². The Labute approximate surface area is 104 Å². The zero-order valence-electron chi connectivity index (χ0n) is 10.8. The third-order valence-electron chi connectivity index (χ3n) is 5.77. The van der Waals surface area contributed by atoms with Crippen molar-refractivity contribution in [1.82, 2.24) is 0 Å². The number of aliphatic carboxylic acids is 1. The van der Waals surface area contributed by atoms with Gasteiger partial charge in [-0.15, -0.1) is 0 Å². The lowest BCUT2D eigenvalue weighted by molar-refractivity contribution is -0.137. The van der Waals surface area contributed by atoms with Crippen molar-refractivity contribution in [1.29, 1.82) is 0 Å². The predicted octanol–water partition coefficient (Wildman–Crippen LogP) is 3.56. The molecule has 0 aliphatic heterocycles. The molecule has 0 aromatic heterocycles. The van der Waals surface area contributed by atoms with Crippen molar-refractivity contribution in [2.24, 2.45) is 35.5 Å². The first kappa shape index (κ1) is 11.6. The van der Waals surface area contributed by atoms with Gasteiger partial charge in [0.1, 0.15) is 0 Å². The highest BCUT2D eigenvalue weighted by Crippen LogP contribution is 2.58. The van der Waals surface area contributed by atoms with Crippen molar-refractivity contribution in [3.8, 4) is 0 Å². The fourth-order valence-corrected chi connectivity index (χ4v) is 5.44. The molecule has 0 aromatic carbocycles. The summed E-state index contributed by atoms with van der Waals surface area (Å²) < 4.78 is 0. The molecule has 1 N–H and O–H groups in total. The zero-order valence-corrected chi connectivity index (χ0v) is 10.8. The lowest BCUT2D eigenvalue weighted by Gasteiger charge is -2.56. The molecule has 2 heteroatoms. The summed E-state index contributed by atoms with van der Waals surface area (Å²) in [6.45, 7) is 2.30. The molecule has 0 amide bonds. The van der Waals surface area contributed by atoms with Crippen LogP contribution < -0.4 is 0 Å². The normalized spacial score (nSPS) is 44.9. The Bertz CT molecular complexity index is 282. The highest BCUT2D eigenvalue weighted by Gasteiger charge is 2.49. The Balaban J connectivity index is 1.65. The standard InChI is InChI=1S/C15H24O2/c1-9(2-3-14(16)17)15-12-5-10-4-11(7-12)8-13(15)6-10/h9-13,15H,2-8H2,1H3,(H,16,17). The van der Waals surface area contributed by atoms with E-state index >= 15 is 0 Å². The molecule has 0 spiro atoms. The average Bonchev–Trinajstić information content (AvgIpc) is 2.24. The molecule has 4 aliphatic rings. The van der Waals surface area contributed by atoms with Crippen molar-refractivity contribution in [3.05, 3.63) is 0 Å². The van der Waals surface area contributed by atoms with Crippen LogP contribution in [0.2, 0.25) is 0 Å². The van der Waals surface area contributed by atoms with Crippen LogP contribution in [0.25, 0.3) is 0 Å². The maximum atomic E-state index is 10.7.